The fraction of sp³-hybridized carbons (Fsp3) is 0.450. The van der Waals surface area contributed by atoms with Gasteiger partial charge in [0.15, 0.2) is 5.78 Å². The van der Waals surface area contributed by atoms with E-state index in [9.17, 15) is 9.59 Å². The van der Waals surface area contributed by atoms with Crippen LogP contribution in [0.3, 0.4) is 0 Å². The summed E-state index contributed by atoms with van der Waals surface area (Å²) in [5.41, 5.74) is 4.17. The second-order valence-electron chi connectivity index (χ2n) is 6.95. The van der Waals surface area contributed by atoms with Crippen LogP contribution in [0.4, 0.5) is 0 Å². The molecule has 5 heteroatoms. The van der Waals surface area contributed by atoms with Crippen molar-refractivity contribution in [3.63, 3.8) is 0 Å². The van der Waals surface area contributed by atoms with Gasteiger partial charge in [0, 0.05) is 24.6 Å². The Hall–Kier alpha value is -2.43. The van der Waals surface area contributed by atoms with Crippen molar-refractivity contribution in [2.75, 3.05) is 13.1 Å². The van der Waals surface area contributed by atoms with Gasteiger partial charge in [0.1, 0.15) is 11.3 Å². The quantitative estimate of drug-likeness (QED) is 0.800. The minimum absolute atomic E-state index is 0.0184. The molecule has 1 aromatic carbocycles. The summed E-state index contributed by atoms with van der Waals surface area (Å²) in [4.78, 5) is 27.3. The predicted octanol–water partition coefficient (Wildman–Crippen LogP) is 3.64. The number of aromatic nitrogens is 1. The van der Waals surface area contributed by atoms with Gasteiger partial charge >= 0.3 is 0 Å². The monoisotopic (exact) mass is 340 g/mol. The molecule has 0 saturated carbocycles. The van der Waals surface area contributed by atoms with Gasteiger partial charge in [0.2, 0.25) is 0 Å². The average Bonchev–Trinajstić information content (AvgIpc) is 2.92. The summed E-state index contributed by atoms with van der Waals surface area (Å²) in [6, 6.07) is 5.95. The van der Waals surface area contributed by atoms with Crippen LogP contribution in [-0.4, -0.2) is 34.8 Å². The van der Waals surface area contributed by atoms with E-state index in [4.69, 9.17) is 4.52 Å². The average molecular weight is 340 g/mol. The Kier molecular flexibility index (Phi) is 4.75. The van der Waals surface area contributed by atoms with E-state index in [0.29, 0.717) is 42.9 Å². The molecule has 0 atom stereocenters. The van der Waals surface area contributed by atoms with Gasteiger partial charge in [-0.05, 0) is 46.1 Å². The lowest BCUT2D eigenvalue weighted by Gasteiger charge is -2.31. The molecule has 1 saturated heterocycles. The number of ketones is 1. The Morgan fingerprint density at radius 1 is 1.12 bits per heavy atom. The number of piperidine rings is 1. The van der Waals surface area contributed by atoms with Crippen LogP contribution in [-0.2, 0) is 0 Å². The van der Waals surface area contributed by atoms with Gasteiger partial charge in [-0.2, -0.15) is 0 Å². The molecular weight excluding hydrogens is 316 g/mol. The van der Waals surface area contributed by atoms with E-state index in [1.54, 1.807) is 18.7 Å². The van der Waals surface area contributed by atoms with Crippen LogP contribution in [0, 0.1) is 33.6 Å². The first-order chi connectivity index (χ1) is 11.9. The fourth-order valence-electron chi connectivity index (χ4n) is 3.60. The van der Waals surface area contributed by atoms with Crippen molar-refractivity contribution < 1.29 is 14.1 Å². The number of aryl methyl sites for hydroxylation is 4. The number of likely N-dealkylation sites (tertiary alicyclic amines) is 1. The van der Waals surface area contributed by atoms with Crippen LogP contribution in [0.15, 0.2) is 22.7 Å². The number of rotatable bonds is 3. The van der Waals surface area contributed by atoms with Gasteiger partial charge in [-0.15, -0.1) is 0 Å². The zero-order chi connectivity index (χ0) is 18.1. The summed E-state index contributed by atoms with van der Waals surface area (Å²) in [7, 11) is 0. The number of carbonyl (C=O) groups excluding carboxylic acids is 2. The van der Waals surface area contributed by atoms with E-state index in [1.165, 1.54) is 0 Å². The largest absolute Gasteiger partial charge is 0.361 e. The number of carbonyl (C=O) groups is 2. The van der Waals surface area contributed by atoms with Gasteiger partial charge in [-0.25, -0.2) is 0 Å². The summed E-state index contributed by atoms with van der Waals surface area (Å²) < 4.78 is 5.10. The summed E-state index contributed by atoms with van der Waals surface area (Å²) in [6.45, 7) is 8.72. The van der Waals surface area contributed by atoms with Crippen molar-refractivity contribution in [1.82, 2.24) is 10.1 Å². The second kappa shape index (κ2) is 6.82. The minimum atomic E-state index is -0.0475. The third-order valence-corrected chi connectivity index (χ3v) is 5.05. The minimum Gasteiger partial charge on any atom is -0.361 e. The number of nitrogens with zero attached hydrogens (tertiary/aromatic N) is 2. The molecule has 2 heterocycles. The van der Waals surface area contributed by atoms with E-state index < -0.39 is 0 Å². The Morgan fingerprint density at radius 2 is 1.80 bits per heavy atom. The van der Waals surface area contributed by atoms with E-state index in [1.807, 2.05) is 32.0 Å². The standard InChI is InChI=1S/C20H24N2O3/c1-12-5-6-17(13(2)11-12)19(23)16-7-9-22(10-8-16)20(24)18-14(3)21-25-15(18)4/h5-6,11,16H,7-10H2,1-4H3. The van der Waals surface area contributed by atoms with E-state index >= 15 is 0 Å². The Balaban J connectivity index is 1.67. The van der Waals surface area contributed by atoms with Gasteiger partial charge in [-0.1, -0.05) is 28.9 Å². The first kappa shape index (κ1) is 17.4. The highest BCUT2D eigenvalue weighted by molar-refractivity contribution is 6.00. The molecule has 1 aliphatic heterocycles. The van der Waals surface area contributed by atoms with Crippen LogP contribution in [0.1, 0.15) is 56.1 Å². The molecule has 1 aromatic heterocycles. The highest BCUT2D eigenvalue weighted by Gasteiger charge is 2.31. The zero-order valence-electron chi connectivity index (χ0n) is 15.3. The Bertz CT molecular complexity index is 795. The summed E-state index contributed by atoms with van der Waals surface area (Å²) in [5, 5.41) is 3.86. The van der Waals surface area contributed by atoms with E-state index in [-0.39, 0.29) is 17.6 Å². The molecule has 5 nitrogen and oxygen atoms in total. The van der Waals surface area contributed by atoms with Crippen molar-refractivity contribution in [2.24, 2.45) is 5.92 Å². The third-order valence-electron chi connectivity index (χ3n) is 5.05. The van der Waals surface area contributed by atoms with Crippen LogP contribution in [0.5, 0.6) is 0 Å². The normalized spacial score (nSPS) is 15.4. The molecule has 0 radical (unpaired) electrons. The van der Waals surface area contributed by atoms with Crippen molar-refractivity contribution in [2.45, 2.75) is 40.5 Å². The van der Waals surface area contributed by atoms with Crippen molar-refractivity contribution >= 4 is 11.7 Å². The number of hydrogen-bond donors (Lipinski definition) is 0. The van der Waals surface area contributed by atoms with Gasteiger partial charge < -0.3 is 9.42 Å². The number of benzene rings is 1. The number of hydrogen-bond acceptors (Lipinski definition) is 4. The van der Waals surface area contributed by atoms with Crippen LogP contribution < -0.4 is 0 Å². The number of amides is 1. The van der Waals surface area contributed by atoms with Crippen LogP contribution in [0.25, 0.3) is 0 Å². The molecule has 3 rings (SSSR count). The first-order valence-corrected chi connectivity index (χ1v) is 8.72. The third kappa shape index (κ3) is 3.36. The molecule has 25 heavy (non-hydrogen) atoms. The lowest BCUT2D eigenvalue weighted by atomic mass is 9.86. The zero-order valence-corrected chi connectivity index (χ0v) is 15.3. The van der Waals surface area contributed by atoms with Gasteiger partial charge in [0.25, 0.3) is 5.91 Å². The van der Waals surface area contributed by atoms with Crippen LogP contribution >= 0.6 is 0 Å². The molecule has 2 aromatic rings. The highest BCUT2D eigenvalue weighted by atomic mass is 16.5. The molecule has 1 aliphatic rings. The predicted molar refractivity (Wildman–Crippen MR) is 94.9 cm³/mol. The Morgan fingerprint density at radius 3 is 2.36 bits per heavy atom. The molecular formula is C20H24N2O3. The molecule has 0 unspecified atom stereocenters. The smallest absolute Gasteiger partial charge is 0.259 e. The van der Waals surface area contributed by atoms with Gasteiger partial charge in [0.05, 0.1) is 5.69 Å². The molecule has 1 fully saturated rings. The number of Topliss-reactive ketones (excluding diaryl/α,β-unsaturated/α-hetero) is 1. The highest BCUT2D eigenvalue weighted by Crippen LogP contribution is 2.26. The maximum Gasteiger partial charge on any atom is 0.259 e. The summed E-state index contributed by atoms with van der Waals surface area (Å²) in [6.07, 6.45) is 1.39. The van der Waals surface area contributed by atoms with E-state index in [0.717, 1.165) is 16.7 Å². The van der Waals surface area contributed by atoms with Gasteiger partial charge in [-0.3, -0.25) is 9.59 Å². The molecule has 0 spiro atoms. The topological polar surface area (TPSA) is 63.4 Å². The lowest BCUT2D eigenvalue weighted by Crippen LogP contribution is -2.40. The Labute approximate surface area is 148 Å². The summed E-state index contributed by atoms with van der Waals surface area (Å²) >= 11 is 0. The lowest BCUT2D eigenvalue weighted by molar-refractivity contribution is 0.0648. The summed E-state index contributed by atoms with van der Waals surface area (Å²) in [5.74, 6) is 0.682. The maximum atomic E-state index is 12.8. The molecule has 132 valence electrons. The van der Waals surface area contributed by atoms with Crippen LogP contribution in [0.2, 0.25) is 0 Å². The molecule has 0 bridgehead atoms. The van der Waals surface area contributed by atoms with Crippen molar-refractivity contribution in [3.05, 3.63) is 51.9 Å². The molecule has 1 amide bonds. The second-order valence-corrected chi connectivity index (χ2v) is 6.95. The van der Waals surface area contributed by atoms with Crippen molar-refractivity contribution in [3.8, 4) is 0 Å². The maximum absolute atomic E-state index is 12.8. The SMILES string of the molecule is Cc1ccc(C(=O)C2CCN(C(=O)c3c(C)noc3C)CC2)c(C)c1. The molecule has 0 aliphatic carbocycles. The van der Waals surface area contributed by atoms with E-state index in [2.05, 4.69) is 5.16 Å². The molecule has 0 N–H and O–H groups in total. The van der Waals surface area contributed by atoms with Crippen molar-refractivity contribution in [1.29, 1.82) is 0 Å². The first-order valence-electron chi connectivity index (χ1n) is 8.72. The fourth-order valence-corrected chi connectivity index (χ4v) is 3.60.